The van der Waals surface area contributed by atoms with Crippen molar-refractivity contribution in [2.45, 2.75) is 45.3 Å². The van der Waals surface area contributed by atoms with E-state index >= 15 is 0 Å². The molecule has 2 N–H and O–H groups in total. The van der Waals surface area contributed by atoms with Gasteiger partial charge in [-0.25, -0.2) is 0 Å². The highest BCUT2D eigenvalue weighted by atomic mass is 16.5. The van der Waals surface area contributed by atoms with Crippen molar-refractivity contribution in [2.75, 3.05) is 33.4 Å². The van der Waals surface area contributed by atoms with Crippen LogP contribution in [0.15, 0.2) is 0 Å². The topological polar surface area (TPSA) is 61.8 Å². The summed E-state index contributed by atoms with van der Waals surface area (Å²) in [5.74, 6) is 0.361. The van der Waals surface area contributed by atoms with Crippen molar-refractivity contribution in [1.82, 2.24) is 10.2 Å². The number of hydrogen-bond donors (Lipinski definition) is 2. The molecule has 19 heavy (non-hydrogen) atoms. The maximum absolute atomic E-state index is 12.0. The lowest BCUT2D eigenvalue weighted by Gasteiger charge is -2.37. The van der Waals surface area contributed by atoms with Crippen LogP contribution in [0, 0.1) is 5.92 Å². The van der Waals surface area contributed by atoms with Crippen LogP contribution in [0.1, 0.15) is 33.1 Å². The van der Waals surface area contributed by atoms with Crippen molar-refractivity contribution in [2.24, 2.45) is 5.92 Å². The van der Waals surface area contributed by atoms with Gasteiger partial charge in [0.1, 0.15) is 0 Å². The average molecular weight is 272 g/mol. The smallest absolute Gasteiger partial charge is 0.237 e. The molecular weight excluding hydrogens is 244 g/mol. The third-order valence-electron chi connectivity index (χ3n) is 3.92. The second-order valence-corrected chi connectivity index (χ2v) is 5.45. The molecular formula is C14H28N2O3. The molecule has 5 heteroatoms. The van der Waals surface area contributed by atoms with Crippen molar-refractivity contribution < 1.29 is 14.6 Å². The summed E-state index contributed by atoms with van der Waals surface area (Å²) in [6, 6.07) is -0.121. The molecule has 0 aromatic carbocycles. The summed E-state index contributed by atoms with van der Waals surface area (Å²) in [6.07, 6.45) is 2.65. The molecule has 0 aromatic heterocycles. The van der Waals surface area contributed by atoms with E-state index in [1.54, 1.807) is 7.11 Å². The van der Waals surface area contributed by atoms with Gasteiger partial charge >= 0.3 is 0 Å². The van der Waals surface area contributed by atoms with Crippen LogP contribution in [0.25, 0.3) is 0 Å². The molecule has 1 aliphatic heterocycles. The van der Waals surface area contributed by atoms with E-state index in [1.165, 1.54) is 0 Å². The van der Waals surface area contributed by atoms with Crippen molar-refractivity contribution in [1.29, 1.82) is 0 Å². The molecule has 1 fully saturated rings. The molecule has 1 rings (SSSR count). The molecule has 112 valence electrons. The summed E-state index contributed by atoms with van der Waals surface area (Å²) in [6.45, 7) is 6.85. The van der Waals surface area contributed by atoms with Crippen LogP contribution in [0.5, 0.6) is 0 Å². The van der Waals surface area contributed by atoms with Crippen LogP contribution in [0.2, 0.25) is 0 Å². The predicted molar refractivity (Wildman–Crippen MR) is 74.9 cm³/mol. The van der Waals surface area contributed by atoms with Crippen molar-refractivity contribution in [3.63, 3.8) is 0 Å². The third-order valence-corrected chi connectivity index (χ3v) is 3.92. The van der Waals surface area contributed by atoms with E-state index in [2.05, 4.69) is 10.2 Å². The molecule has 1 aliphatic rings. The highest BCUT2D eigenvalue weighted by Crippen LogP contribution is 2.21. The number of likely N-dealkylation sites (tertiary alicyclic amines) is 1. The van der Waals surface area contributed by atoms with Gasteiger partial charge in [0.05, 0.1) is 12.1 Å². The van der Waals surface area contributed by atoms with E-state index in [4.69, 9.17) is 4.74 Å². The number of carbonyl (C=O) groups is 1. The van der Waals surface area contributed by atoms with E-state index < -0.39 is 0 Å². The molecule has 0 spiro atoms. The summed E-state index contributed by atoms with van der Waals surface area (Å²) in [5, 5.41) is 12.6. The number of nitrogens with zero attached hydrogens (tertiary/aromatic N) is 1. The third kappa shape index (κ3) is 5.47. The lowest BCUT2D eigenvalue weighted by molar-refractivity contribution is -0.127. The maximum atomic E-state index is 12.0. The normalized spacial score (nSPS) is 23.9. The molecule has 0 bridgehead atoms. The Kier molecular flexibility index (Phi) is 7.34. The molecule has 3 unspecified atom stereocenters. The lowest BCUT2D eigenvalue weighted by atomic mass is 9.92. The monoisotopic (exact) mass is 272 g/mol. The molecule has 0 saturated carbocycles. The predicted octanol–water partition coefficient (Wildman–Crippen LogP) is 0.620. The van der Waals surface area contributed by atoms with Crippen LogP contribution >= 0.6 is 0 Å². The second kappa shape index (κ2) is 8.51. The van der Waals surface area contributed by atoms with E-state index in [-0.39, 0.29) is 24.0 Å². The number of piperidine rings is 1. The molecule has 3 atom stereocenters. The number of rotatable bonds is 7. The van der Waals surface area contributed by atoms with Crippen LogP contribution in [-0.4, -0.2) is 61.4 Å². The molecule has 1 heterocycles. The maximum Gasteiger partial charge on any atom is 0.237 e. The average Bonchev–Trinajstić information content (AvgIpc) is 2.42. The zero-order valence-corrected chi connectivity index (χ0v) is 12.4. The van der Waals surface area contributed by atoms with Gasteiger partial charge in [-0.15, -0.1) is 0 Å². The minimum absolute atomic E-state index is 0.0716. The van der Waals surface area contributed by atoms with E-state index in [0.717, 1.165) is 32.4 Å². The zero-order chi connectivity index (χ0) is 14.3. The first kappa shape index (κ1) is 16.4. The van der Waals surface area contributed by atoms with Gasteiger partial charge in [-0.05, 0) is 45.6 Å². The van der Waals surface area contributed by atoms with Crippen LogP contribution in [-0.2, 0) is 9.53 Å². The Morgan fingerprint density at radius 2 is 2.26 bits per heavy atom. The first-order chi connectivity index (χ1) is 9.06. The van der Waals surface area contributed by atoms with Crippen LogP contribution in [0.4, 0.5) is 0 Å². The van der Waals surface area contributed by atoms with Crippen LogP contribution in [0.3, 0.4) is 0 Å². The number of aliphatic hydroxyl groups is 1. The van der Waals surface area contributed by atoms with Gasteiger partial charge in [-0.1, -0.05) is 0 Å². The fourth-order valence-electron chi connectivity index (χ4n) is 2.53. The summed E-state index contributed by atoms with van der Waals surface area (Å²) >= 11 is 0. The minimum atomic E-state index is -0.292. The number of hydrogen-bond acceptors (Lipinski definition) is 4. The van der Waals surface area contributed by atoms with Gasteiger partial charge in [-0.2, -0.15) is 0 Å². The van der Waals surface area contributed by atoms with Gasteiger partial charge < -0.3 is 15.2 Å². The number of amides is 1. The Bertz CT molecular complexity index is 271. The second-order valence-electron chi connectivity index (χ2n) is 5.45. The Labute approximate surface area is 116 Å². The summed E-state index contributed by atoms with van der Waals surface area (Å²) in [7, 11) is 1.66. The van der Waals surface area contributed by atoms with Gasteiger partial charge in [0.15, 0.2) is 0 Å². The molecule has 1 amide bonds. The van der Waals surface area contributed by atoms with Gasteiger partial charge in [-0.3, -0.25) is 9.69 Å². The van der Waals surface area contributed by atoms with Crippen LogP contribution < -0.4 is 5.32 Å². The SMILES string of the molecule is COCCCNC(=O)C(C)N1CCCC(C(C)O)C1. The van der Waals surface area contributed by atoms with E-state index in [0.29, 0.717) is 13.2 Å². The quantitative estimate of drug-likeness (QED) is 0.667. The summed E-state index contributed by atoms with van der Waals surface area (Å²) in [5.41, 5.74) is 0. The Morgan fingerprint density at radius 1 is 1.53 bits per heavy atom. The first-order valence-corrected chi connectivity index (χ1v) is 7.25. The van der Waals surface area contributed by atoms with E-state index in [1.807, 2.05) is 13.8 Å². The van der Waals surface area contributed by atoms with Crippen molar-refractivity contribution >= 4 is 5.91 Å². The number of ether oxygens (including phenoxy) is 1. The standard InChI is InChI=1S/C14H28N2O3/c1-11(14(18)15-7-5-9-19-3)16-8-4-6-13(10-16)12(2)17/h11-13,17H,4-10H2,1-3H3,(H,15,18). The first-order valence-electron chi connectivity index (χ1n) is 7.25. The minimum Gasteiger partial charge on any atom is -0.393 e. The molecule has 5 nitrogen and oxygen atoms in total. The highest BCUT2D eigenvalue weighted by Gasteiger charge is 2.29. The van der Waals surface area contributed by atoms with Gasteiger partial charge in [0, 0.05) is 26.8 Å². The Balaban J connectivity index is 2.34. The Hall–Kier alpha value is -0.650. The largest absolute Gasteiger partial charge is 0.393 e. The van der Waals surface area contributed by atoms with Gasteiger partial charge in [0.25, 0.3) is 0 Å². The van der Waals surface area contributed by atoms with Crippen molar-refractivity contribution in [3.8, 4) is 0 Å². The van der Waals surface area contributed by atoms with Crippen molar-refractivity contribution in [3.05, 3.63) is 0 Å². The number of nitrogens with one attached hydrogen (secondary N) is 1. The Morgan fingerprint density at radius 3 is 2.89 bits per heavy atom. The van der Waals surface area contributed by atoms with Gasteiger partial charge in [0.2, 0.25) is 5.91 Å². The summed E-state index contributed by atoms with van der Waals surface area (Å²) in [4.78, 5) is 14.2. The number of carbonyl (C=O) groups excluding carboxylic acids is 1. The number of aliphatic hydroxyl groups excluding tert-OH is 1. The molecule has 1 saturated heterocycles. The molecule has 0 radical (unpaired) electrons. The highest BCUT2D eigenvalue weighted by molar-refractivity contribution is 5.81. The fraction of sp³-hybridized carbons (Fsp3) is 0.929. The zero-order valence-electron chi connectivity index (χ0n) is 12.4. The lowest BCUT2D eigenvalue weighted by Crippen LogP contribution is -2.50. The fourth-order valence-corrected chi connectivity index (χ4v) is 2.53. The van der Waals surface area contributed by atoms with E-state index in [9.17, 15) is 9.90 Å². The summed E-state index contributed by atoms with van der Waals surface area (Å²) < 4.78 is 4.95. The number of methoxy groups -OCH3 is 1. The molecule has 0 aliphatic carbocycles. The molecule has 0 aromatic rings.